The number of nitriles is 1. The fourth-order valence-corrected chi connectivity index (χ4v) is 4.91. The summed E-state index contributed by atoms with van der Waals surface area (Å²) >= 11 is 4.26. The predicted octanol–water partition coefficient (Wildman–Crippen LogP) is 4.72. The average Bonchev–Trinajstić information content (AvgIpc) is 2.88. The number of nitrogens with zero attached hydrogens (tertiary/aromatic N) is 1. The highest BCUT2D eigenvalue weighted by Gasteiger charge is 2.24. The van der Waals surface area contributed by atoms with E-state index in [9.17, 15) is 5.26 Å². The largest absolute Gasteiger partial charge is 0.495 e. The highest BCUT2D eigenvalue weighted by atomic mass is 127. The van der Waals surface area contributed by atoms with Crippen molar-refractivity contribution < 1.29 is 4.74 Å². The van der Waals surface area contributed by atoms with E-state index in [2.05, 4.69) is 40.0 Å². The first-order valence-corrected chi connectivity index (χ1v) is 8.74. The summed E-state index contributed by atoms with van der Waals surface area (Å²) in [4.78, 5) is 1.47. The average molecular weight is 410 g/mol. The molecule has 1 aliphatic carbocycles. The molecule has 108 valence electrons. The summed E-state index contributed by atoms with van der Waals surface area (Å²) in [6.07, 6.45) is 3.43. The van der Waals surface area contributed by atoms with Gasteiger partial charge in [-0.3, -0.25) is 0 Å². The molecule has 0 bridgehead atoms. The van der Waals surface area contributed by atoms with E-state index in [-0.39, 0.29) is 6.04 Å². The molecule has 1 heterocycles. The Balaban J connectivity index is 1.97. The van der Waals surface area contributed by atoms with E-state index >= 15 is 0 Å². The molecule has 0 radical (unpaired) electrons. The summed E-state index contributed by atoms with van der Waals surface area (Å²) < 4.78 is 6.74. The van der Waals surface area contributed by atoms with Crippen LogP contribution in [0.4, 0.5) is 5.69 Å². The molecule has 0 saturated carbocycles. The van der Waals surface area contributed by atoms with Gasteiger partial charge < -0.3 is 10.1 Å². The topological polar surface area (TPSA) is 45.0 Å². The second-order valence-corrected chi connectivity index (χ2v) is 8.04. The maximum absolute atomic E-state index is 9.32. The number of benzene rings is 1. The van der Waals surface area contributed by atoms with Gasteiger partial charge in [0.2, 0.25) is 0 Å². The summed E-state index contributed by atoms with van der Waals surface area (Å²) in [7, 11) is 1.64. The van der Waals surface area contributed by atoms with Gasteiger partial charge in [0.1, 0.15) is 11.8 Å². The van der Waals surface area contributed by atoms with Crippen molar-refractivity contribution in [3.8, 4) is 11.8 Å². The van der Waals surface area contributed by atoms with E-state index in [1.165, 1.54) is 19.7 Å². The number of rotatable bonds is 3. The highest BCUT2D eigenvalue weighted by Crippen LogP contribution is 2.40. The lowest BCUT2D eigenvalue weighted by Gasteiger charge is -2.26. The van der Waals surface area contributed by atoms with Crippen molar-refractivity contribution in [2.45, 2.75) is 25.3 Å². The Kier molecular flexibility index (Phi) is 4.36. The van der Waals surface area contributed by atoms with Crippen molar-refractivity contribution in [3.05, 3.63) is 43.2 Å². The number of halogens is 1. The minimum absolute atomic E-state index is 0.261. The van der Waals surface area contributed by atoms with Crippen LogP contribution in [0.5, 0.6) is 5.75 Å². The van der Waals surface area contributed by atoms with Crippen LogP contribution in [0.25, 0.3) is 0 Å². The van der Waals surface area contributed by atoms with Crippen LogP contribution in [0.3, 0.4) is 0 Å². The lowest BCUT2D eigenvalue weighted by molar-refractivity contribution is 0.415. The lowest BCUT2D eigenvalue weighted by Crippen LogP contribution is -2.16. The molecule has 2 aromatic rings. The zero-order valence-electron chi connectivity index (χ0n) is 11.6. The minimum Gasteiger partial charge on any atom is -0.495 e. The number of fused-ring (bicyclic) bond motifs is 1. The van der Waals surface area contributed by atoms with Crippen LogP contribution in [0.2, 0.25) is 0 Å². The SMILES string of the molecule is COc1cccc(C#N)c1NC1CCCc2sc(I)cc21. The summed E-state index contributed by atoms with van der Waals surface area (Å²) in [5.74, 6) is 0.728. The fourth-order valence-electron chi connectivity index (χ4n) is 2.79. The lowest BCUT2D eigenvalue weighted by atomic mass is 9.93. The van der Waals surface area contributed by atoms with Gasteiger partial charge in [-0.15, -0.1) is 11.3 Å². The van der Waals surface area contributed by atoms with Crippen LogP contribution in [-0.2, 0) is 6.42 Å². The van der Waals surface area contributed by atoms with Gasteiger partial charge in [-0.25, -0.2) is 0 Å². The molecule has 1 atom stereocenters. The van der Waals surface area contributed by atoms with Crippen LogP contribution < -0.4 is 10.1 Å². The second kappa shape index (κ2) is 6.24. The number of para-hydroxylation sites is 1. The van der Waals surface area contributed by atoms with Crippen LogP contribution in [0, 0.1) is 14.2 Å². The highest BCUT2D eigenvalue weighted by molar-refractivity contribution is 14.1. The van der Waals surface area contributed by atoms with E-state index in [1.54, 1.807) is 7.11 Å². The van der Waals surface area contributed by atoms with Crippen molar-refractivity contribution in [2.24, 2.45) is 0 Å². The van der Waals surface area contributed by atoms with Crippen LogP contribution in [0.1, 0.15) is 34.9 Å². The van der Waals surface area contributed by atoms with Crippen LogP contribution >= 0.6 is 33.9 Å². The zero-order chi connectivity index (χ0) is 14.8. The summed E-state index contributed by atoms with van der Waals surface area (Å²) in [5.41, 5.74) is 2.82. The van der Waals surface area contributed by atoms with Crippen molar-refractivity contribution in [3.63, 3.8) is 0 Å². The number of ether oxygens (including phenoxy) is 1. The smallest absolute Gasteiger partial charge is 0.143 e. The van der Waals surface area contributed by atoms with Crippen LogP contribution in [0.15, 0.2) is 24.3 Å². The first kappa shape index (κ1) is 14.7. The van der Waals surface area contributed by atoms with Gasteiger partial charge in [0, 0.05) is 4.88 Å². The van der Waals surface area contributed by atoms with Crippen molar-refractivity contribution in [1.29, 1.82) is 5.26 Å². The van der Waals surface area contributed by atoms with Crippen molar-refractivity contribution >= 4 is 39.6 Å². The molecule has 21 heavy (non-hydrogen) atoms. The van der Waals surface area contributed by atoms with Crippen molar-refractivity contribution in [1.82, 2.24) is 0 Å². The van der Waals surface area contributed by atoms with E-state index in [1.807, 2.05) is 29.5 Å². The first-order valence-electron chi connectivity index (χ1n) is 6.84. The van der Waals surface area contributed by atoms with Gasteiger partial charge in [0.25, 0.3) is 0 Å². The van der Waals surface area contributed by atoms with Gasteiger partial charge in [-0.1, -0.05) is 6.07 Å². The van der Waals surface area contributed by atoms with Gasteiger partial charge in [-0.05, 0) is 65.6 Å². The van der Waals surface area contributed by atoms with Crippen molar-refractivity contribution in [2.75, 3.05) is 12.4 Å². The molecule has 1 N–H and O–H groups in total. The number of nitrogens with one attached hydrogen (secondary N) is 1. The Bertz CT molecular complexity index is 705. The third kappa shape index (κ3) is 2.87. The molecule has 5 heteroatoms. The quantitative estimate of drug-likeness (QED) is 0.745. The number of hydrogen-bond donors (Lipinski definition) is 1. The minimum atomic E-state index is 0.261. The number of thiophene rings is 1. The summed E-state index contributed by atoms with van der Waals surface area (Å²) in [6, 6.07) is 10.3. The molecule has 0 saturated heterocycles. The normalized spacial score (nSPS) is 16.9. The number of hydrogen-bond acceptors (Lipinski definition) is 4. The van der Waals surface area contributed by atoms with Gasteiger partial charge in [-0.2, -0.15) is 5.26 Å². The third-order valence-corrected chi connectivity index (χ3v) is 5.74. The molecule has 0 aliphatic heterocycles. The Hall–Kier alpha value is -1.26. The molecule has 0 fully saturated rings. The molecular weight excluding hydrogens is 395 g/mol. The van der Waals surface area contributed by atoms with Gasteiger partial charge in [0.15, 0.2) is 0 Å². The predicted molar refractivity (Wildman–Crippen MR) is 94.0 cm³/mol. The molecule has 0 amide bonds. The van der Waals surface area contributed by atoms with Gasteiger partial charge >= 0.3 is 0 Å². The number of anilines is 1. The maximum Gasteiger partial charge on any atom is 0.143 e. The van der Waals surface area contributed by atoms with Gasteiger partial charge in [0.05, 0.1) is 27.3 Å². The molecule has 1 aromatic carbocycles. The first-order chi connectivity index (χ1) is 10.2. The number of aryl methyl sites for hydroxylation is 1. The molecule has 1 aromatic heterocycles. The van der Waals surface area contributed by atoms with Crippen LogP contribution in [-0.4, -0.2) is 7.11 Å². The Labute approximate surface area is 142 Å². The second-order valence-electron chi connectivity index (χ2n) is 5.01. The Morgan fingerprint density at radius 3 is 3.10 bits per heavy atom. The van der Waals surface area contributed by atoms with E-state index in [4.69, 9.17) is 4.74 Å². The Morgan fingerprint density at radius 2 is 2.33 bits per heavy atom. The molecule has 0 spiro atoms. The third-order valence-electron chi connectivity index (χ3n) is 3.77. The molecular formula is C16H15IN2OS. The molecule has 3 rings (SSSR count). The van der Waals surface area contributed by atoms with E-state index < -0.39 is 0 Å². The van der Waals surface area contributed by atoms with E-state index in [0.29, 0.717) is 5.56 Å². The molecule has 1 unspecified atom stereocenters. The molecule has 1 aliphatic rings. The Morgan fingerprint density at radius 1 is 1.48 bits per heavy atom. The fraction of sp³-hybridized carbons (Fsp3) is 0.312. The summed E-state index contributed by atoms with van der Waals surface area (Å²) in [6.45, 7) is 0. The maximum atomic E-state index is 9.32. The zero-order valence-corrected chi connectivity index (χ0v) is 14.6. The number of methoxy groups -OCH3 is 1. The molecule has 3 nitrogen and oxygen atoms in total. The standard InChI is InChI=1S/C16H15IN2OS/c1-20-13-6-2-4-10(9-18)16(13)19-12-5-3-7-14-11(12)8-15(17)21-14/h2,4,6,8,12,19H,3,5,7H2,1H3. The summed E-state index contributed by atoms with van der Waals surface area (Å²) in [5, 5.41) is 12.9. The van der Waals surface area contributed by atoms with E-state index in [0.717, 1.165) is 24.3 Å². The monoisotopic (exact) mass is 410 g/mol.